The number of fused-ring (bicyclic) bond motifs is 1. The molecular formula is C32H36N2O5. The Morgan fingerprint density at radius 3 is 2.38 bits per heavy atom. The van der Waals surface area contributed by atoms with Crippen LogP contribution in [0.4, 0.5) is 11.4 Å². The van der Waals surface area contributed by atoms with Gasteiger partial charge in [-0.25, -0.2) is 0 Å². The number of carbonyl (C=O) groups excluding carboxylic acids is 1. The van der Waals surface area contributed by atoms with Crippen molar-refractivity contribution in [3.8, 4) is 23.0 Å². The van der Waals surface area contributed by atoms with Crippen molar-refractivity contribution in [1.82, 2.24) is 0 Å². The number of benzene rings is 3. The van der Waals surface area contributed by atoms with Gasteiger partial charge in [-0.1, -0.05) is 30.3 Å². The molecule has 1 aliphatic heterocycles. The summed E-state index contributed by atoms with van der Waals surface area (Å²) in [6.45, 7) is 6.47. The van der Waals surface area contributed by atoms with E-state index in [4.69, 9.17) is 18.9 Å². The third kappa shape index (κ3) is 5.26. The quantitative estimate of drug-likeness (QED) is 0.330. The van der Waals surface area contributed by atoms with Crippen LogP contribution in [0, 0.1) is 0 Å². The highest BCUT2D eigenvalue weighted by Crippen LogP contribution is 2.48. The van der Waals surface area contributed by atoms with Crippen LogP contribution in [-0.2, 0) is 4.79 Å². The summed E-state index contributed by atoms with van der Waals surface area (Å²) in [5.41, 5.74) is 5.39. The van der Waals surface area contributed by atoms with Gasteiger partial charge in [0.1, 0.15) is 0 Å². The average Bonchev–Trinajstić information content (AvgIpc) is 3.10. The maximum absolute atomic E-state index is 14.0. The van der Waals surface area contributed by atoms with Gasteiger partial charge in [-0.15, -0.1) is 0 Å². The molecule has 2 N–H and O–H groups in total. The number of para-hydroxylation sites is 3. The van der Waals surface area contributed by atoms with Crippen molar-refractivity contribution in [3.05, 3.63) is 83.1 Å². The highest BCUT2D eigenvalue weighted by Gasteiger charge is 2.38. The zero-order valence-electron chi connectivity index (χ0n) is 23.2. The molecule has 0 spiro atoms. The minimum Gasteiger partial charge on any atom is -0.493 e. The predicted octanol–water partition coefficient (Wildman–Crippen LogP) is 6.87. The Morgan fingerprint density at radius 2 is 1.67 bits per heavy atom. The van der Waals surface area contributed by atoms with Gasteiger partial charge >= 0.3 is 0 Å². The molecular weight excluding hydrogens is 492 g/mol. The normalized spacial score (nSPS) is 18.4. The van der Waals surface area contributed by atoms with Crippen molar-refractivity contribution in [2.75, 3.05) is 31.5 Å². The average molecular weight is 529 g/mol. The smallest absolute Gasteiger partial charge is 0.167 e. The number of anilines is 2. The Morgan fingerprint density at radius 1 is 0.897 bits per heavy atom. The van der Waals surface area contributed by atoms with E-state index in [9.17, 15) is 4.79 Å². The second kappa shape index (κ2) is 11.3. The Hall–Kier alpha value is -4.13. The van der Waals surface area contributed by atoms with Gasteiger partial charge in [0.2, 0.25) is 0 Å². The molecule has 3 aromatic rings. The lowest BCUT2D eigenvalue weighted by Crippen LogP contribution is -2.27. The predicted molar refractivity (Wildman–Crippen MR) is 153 cm³/mol. The fraction of sp³-hybridized carbons (Fsp3) is 0.344. The maximum atomic E-state index is 14.0. The minimum absolute atomic E-state index is 0.00377. The van der Waals surface area contributed by atoms with E-state index in [1.165, 1.54) is 0 Å². The van der Waals surface area contributed by atoms with E-state index in [2.05, 4.69) is 10.6 Å². The second-order valence-corrected chi connectivity index (χ2v) is 10.1. The number of nitrogens with one attached hydrogen (secondary N) is 2. The van der Waals surface area contributed by atoms with Gasteiger partial charge in [-0.05, 0) is 69.0 Å². The summed E-state index contributed by atoms with van der Waals surface area (Å²) in [5.74, 6) is 2.74. The van der Waals surface area contributed by atoms with Crippen LogP contribution >= 0.6 is 0 Å². The van der Waals surface area contributed by atoms with Crippen LogP contribution in [-0.4, -0.2) is 32.7 Å². The molecule has 0 amide bonds. The highest BCUT2D eigenvalue weighted by atomic mass is 16.5. The van der Waals surface area contributed by atoms with Crippen LogP contribution in [0.5, 0.6) is 23.0 Å². The zero-order valence-corrected chi connectivity index (χ0v) is 23.2. The number of allylic oxidation sites excluding steroid dienone is 1. The number of ether oxygens (including phenoxy) is 4. The molecule has 1 heterocycles. The topological polar surface area (TPSA) is 78.1 Å². The van der Waals surface area contributed by atoms with Crippen molar-refractivity contribution in [2.24, 2.45) is 0 Å². The van der Waals surface area contributed by atoms with E-state index < -0.39 is 6.04 Å². The van der Waals surface area contributed by atoms with Gasteiger partial charge in [0.25, 0.3) is 0 Å². The van der Waals surface area contributed by atoms with E-state index in [1.54, 1.807) is 14.2 Å². The molecule has 0 saturated carbocycles. The molecule has 2 atom stereocenters. The van der Waals surface area contributed by atoms with E-state index in [0.29, 0.717) is 42.4 Å². The summed E-state index contributed by atoms with van der Waals surface area (Å²) in [6, 6.07) is 19.4. The van der Waals surface area contributed by atoms with Gasteiger partial charge in [0, 0.05) is 23.3 Å². The molecule has 3 aromatic carbocycles. The molecule has 0 fully saturated rings. The van der Waals surface area contributed by atoms with Crippen LogP contribution < -0.4 is 29.6 Å². The summed E-state index contributed by atoms with van der Waals surface area (Å²) in [5, 5.41) is 7.26. The lowest BCUT2D eigenvalue weighted by atomic mass is 9.78. The summed E-state index contributed by atoms with van der Waals surface area (Å²) in [4.78, 5) is 14.0. The molecule has 2 unspecified atom stereocenters. The highest BCUT2D eigenvalue weighted by molar-refractivity contribution is 6.01. The van der Waals surface area contributed by atoms with Crippen molar-refractivity contribution in [2.45, 2.75) is 51.7 Å². The number of hydrogen-bond acceptors (Lipinski definition) is 7. The molecule has 7 heteroatoms. The molecule has 5 rings (SSSR count). The first kappa shape index (κ1) is 26.5. The molecule has 39 heavy (non-hydrogen) atoms. The first-order chi connectivity index (χ1) is 18.9. The molecule has 7 nitrogen and oxygen atoms in total. The number of ketones is 1. The molecule has 2 aliphatic rings. The van der Waals surface area contributed by atoms with Gasteiger partial charge in [0.15, 0.2) is 28.8 Å². The van der Waals surface area contributed by atoms with Crippen LogP contribution in [0.2, 0.25) is 0 Å². The fourth-order valence-electron chi connectivity index (χ4n) is 5.46. The lowest BCUT2D eigenvalue weighted by molar-refractivity contribution is -0.116. The van der Waals surface area contributed by atoms with Crippen molar-refractivity contribution >= 4 is 17.2 Å². The Bertz CT molecular complexity index is 1400. The first-order valence-electron chi connectivity index (χ1n) is 13.5. The van der Waals surface area contributed by atoms with Gasteiger partial charge in [0.05, 0.1) is 44.3 Å². The zero-order chi connectivity index (χ0) is 27.5. The molecule has 0 bridgehead atoms. The third-order valence-corrected chi connectivity index (χ3v) is 7.16. The first-order valence-corrected chi connectivity index (χ1v) is 13.5. The lowest BCUT2D eigenvalue weighted by Gasteiger charge is -2.31. The number of rotatable bonds is 8. The summed E-state index contributed by atoms with van der Waals surface area (Å²) in [6.07, 6.45) is 0.997. The minimum atomic E-state index is -0.414. The van der Waals surface area contributed by atoms with Crippen molar-refractivity contribution in [3.63, 3.8) is 0 Å². The largest absolute Gasteiger partial charge is 0.493 e. The van der Waals surface area contributed by atoms with Crippen LogP contribution in [0.1, 0.15) is 56.7 Å². The number of Topliss-reactive ketones (excluding diaryl/α,β-unsaturated/α-hetero) is 1. The van der Waals surface area contributed by atoms with Crippen molar-refractivity contribution < 1.29 is 23.7 Å². The van der Waals surface area contributed by atoms with E-state index in [1.807, 2.05) is 81.4 Å². The van der Waals surface area contributed by atoms with Crippen LogP contribution in [0.25, 0.3) is 0 Å². The van der Waals surface area contributed by atoms with Gasteiger partial charge < -0.3 is 29.6 Å². The van der Waals surface area contributed by atoms with Gasteiger partial charge in [-0.3, -0.25) is 4.79 Å². The van der Waals surface area contributed by atoms with E-state index >= 15 is 0 Å². The standard InChI is InChI=1S/C32H36N2O5/c1-6-38-27-15-14-20(18-29(27)37-5)21-16-25-30(26(35)17-21)31(34-24-12-8-7-11-23(24)33-25)22-10-9-13-28(36-4)32(22)39-19(2)3/h7-15,18-19,21,31,33-34H,6,16-17H2,1-5H3. The summed E-state index contributed by atoms with van der Waals surface area (Å²) in [7, 11) is 3.27. The monoisotopic (exact) mass is 528 g/mol. The molecule has 204 valence electrons. The number of carbonyl (C=O) groups is 1. The van der Waals surface area contributed by atoms with E-state index in [0.717, 1.165) is 33.8 Å². The summed E-state index contributed by atoms with van der Waals surface area (Å²) < 4.78 is 23.2. The molecule has 0 radical (unpaired) electrons. The molecule has 0 aromatic heterocycles. The number of hydrogen-bond donors (Lipinski definition) is 2. The van der Waals surface area contributed by atoms with E-state index in [-0.39, 0.29) is 17.8 Å². The third-order valence-electron chi connectivity index (χ3n) is 7.16. The Labute approximate surface area is 230 Å². The Kier molecular flexibility index (Phi) is 7.68. The van der Waals surface area contributed by atoms with Crippen molar-refractivity contribution in [1.29, 1.82) is 0 Å². The van der Waals surface area contributed by atoms with Gasteiger partial charge in [-0.2, -0.15) is 0 Å². The molecule has 1 aliphatic carbocycles. The maximum Gasteiger partial charge on any atom is 0.167 e. The Balaban J connectivity index is 1.61. The number of methoxy groups -OCH3 is 2. The SMILES string of the molecule is CCOc1ccc(C2CC(=O)C3=C(C2)Nc2ccccc2NC3c2cccc(OC)c2OC(C)C)cc1OC. The second-order valence-electron chi connectivity index (χ2n) is 10.1. The summed E-state index contributed by atoms with van der Waals surface area (Å²) >= 11 is 0. The van der Waals surface area contributed by atoms with Crippen LogP contribution in [0.3, 0.4) is 0 Å². The fourth-order valence-corrected chi connectivity index (χ4v) is 5.46. The van der Waals surface area contributed by atoms with Crippen LogP contribution in [0.15, 0.2) is 71.9 Å². The molecule has 0 saturated heterocycles.